The van der Waals surface area contributed by atoms with Crippen LogP contribution < -0.4 is 14.8 Å². The van der Waals surface area contributed by atoms with Gasteiger partial charge < -0.3 is 10.1 Å². The molecule has 0 aliphatic rings. The highest BCUT2D eigenvalue weighted by molar-refractivity contribution is 7.92. The Labute approximate surface area is 171 Å². The molecule has 2 aromatic rings. The van der Waals surface area contributed by atoms with Crippen molar-refractivity contribution in [3.8, 4) is 5.75 Å². The minimum atomic E-state index is -3.74. The van der Waals surface area contributed by atoms with Gasteiger partial charge >= 0.3 is 0 Å². The first-order valence-corrected chi connectivity index (χ1v) is 10.8. The lowest BCUT2D eigenvalue weighted by atomic mass is 10.1. The van der Waals surface area contributed by atoms with Crippen molar-refractivity contribution in [2.75, 3.05) is 17.9 Å². The molecule has 6 nitrogen and oxygen atoms in total. The van der Waals surface area contributed by atoms with Gasteiger partial charge in [-0.2, -0.15) is 0 Å². The minimum Gasteiger partial charge on any atom is -0.484 e. The number of rotatable bonds is 9. The number of aryl methyl sites for hydroxylation is 1. The lowest BCUT2D eigenvalue weighted by Crippen LogP contribution is -2.30. The summed E-state index contributed by atoms with van der Waals surface area (Å²) in [4.78, 5) is 11.9. The lowest BCUT2D eigenvalue weighted by molar-refractivity contribution is -0.123. The number of ether oxygens (including phenoxy) is 1. The molecular formula is C20H25ClN2O4S. The maximum atomic E-state index is 12.5. The van der Waals surface area contributed by atoms with Gasteiger partial charge in [-0.3, -0.25) is 9.52 Å². The van der Waals surface area contributed by atoms with Crippen molar-refractivity contribution in [3.63, 3.8) is 0 Å². The fourth-order valence-electron chi connectivity index (χ4n) is 2.38. The third-order valence-corrected chi connectivity index (χ3v) is 5.59. The first-order valence-electron chi connectivity index (χ1n) is 8.96. The molecule has 28 heavy (non-hydrogen) atoms. The van der Waals surface area contributed by atoms with Crippen LogP contribution in [0.5, 0.6) is 5.75 Å². The Bertz CT molecular complexity index is 912. The quantitative estimate of drug-likeness (QED) is 0.637. The highest BCUT2D eigenvalue weighted by atomic mass is 35.5. The maximum absolute atomic E-state index is 12.5. The Morgan fingerprint density at radius 1 is 1.14 bits per heavy atom. The summed E-state index contributed by atoms with van der Waals surface area (Å²) in [5.41, 5.74) is 1.04. The van der Waals surface area contributed by atoms with E-state index in [0.29, 0.717) is 34.5 Å². The van der Waals surface area contributed by atoms with Crippen molar-refractivity contribution >= 4 is 33.2 Å². The van der Waals surface area contributed by atoms with Crippen LogP contribution in [0.25, 0.3) is 0 Å². The van der Waals surface area contributed by atoms with E-state index < -0.39 is 10.0 Å². The number of halogens is 1. The van der Waals surface area contributed by atoms with E-state index >= 15 is 0 Å². The fourth-order valence-corrected chi connectivity index (χ4v) is 3.65. The Morgan fingerprint density at radius 2 is 1.82 bits per heavy atom. The molecule has 0 bridgehead atoms. The fraction of sp³-hybridized carbons (Fsp3) is 0.350. The van der Waals surface area contributed by atoms with E-state index in [1.165, 1.54) is 12.1 Å². The lowest BCUT2D eigenvalue weighted by Gasteiger charge is -2.13. The van der Waals surface area contributed by atoms with Crippen LogP contribution in [0.3, 0.4) is 0 Å². The molecule has 2 rings (SSSR count). The molecule has 0 aromatic heterocycles. The molecule has 8 heteroatoms. The summed E-state index contributed by atoms with van der Waals surface area (Å²) in [6.07, 6.45) is 0.901. The number of anilines is 1. The second-order valence-electron chi connectivity index (χ2n) is 6.86. The van der Waals surface area contributed by atoms with Gasteiger partial charge in [0.05, 0.1) is 4.90 Å². The molecule has 0 saturated carbocycles. The number of hydrogen-bond donors (Lipinski definition) is 2. The molecule has 152 valence electrons. The minimum absolute atomic E-state index is 0.105. The summed E-state index contributed by atoms with van der Waals surface area (Å²) < 4.78 is 33.1. The van der Waals surface area contributed by atoms with Crippen molar-refractivity contribution in [3.05, 3.63) is 53.1 Å². The summed E-state index contributed by atoms with van der Waals surface area (Å²) in [6.45, 7) is 6.39. The normalized spacial score (nSPS) is 11.3. The van der Waals surface area contributed by atoms with E-state index in [0.717, 1.165) is 6.42 Å². The molecule has 0 radical (unpaired) electrons. The SMILES string of the molecule is Cc1cc(S(=O)(=O)Nc2ccc(Cl)cc2)ccc1OCC(=O)NCCC(C)C. The molecule has 0 heterocycles. The average Bonchev–Trinajstić information content (AvgIpc) is 2.62. The molecular weight excluding hydrogens is 400 g/mol. The number of hydrogen-bond acceptors (Lipinski definition) is 4. The van der Waals surface area contributed by atoms with Crippen LogP contribution in [-0.2, 0) is 14.8 Å². The monoisotopic (exact) mass is 424 g/mol. The van der Waals surface area contributed by atoms with Crippen LogP contribution in [-0.4, -0.2) is 27.5 Å². The van der Waals surface area contributed by atoms with Crippen molar-refractivity contribution < 1.29 is 17.9 Å². The molecule has 0 aliphatic carbocycles. The maximum Gasteiger partial charge on any atom is 0.261 e. The first-order chi connectivity index (χ1) is 13.2. The van der Waals surface area contributed by atoms with Crippen molar-refractivity contribution in [1.82, 2.24) is 5.32 Å². The zero-order valence-corrected chi connectivity index (χ0v) is 17.7. The van der Waals surface area contributed by atoms with E-state index in [9.17, 15) is 13.2 Å². The van der Waals surface area contributed by atoms with Crippen molar-refractivity contribution in [2.45, 2.75) is 32.1 Å². The number of benzene rings is 2. The molecule has 2 aromatic carbocycles. The molecule has 0 spiro atoms. The largest absolute Gasteiger partial charge is 0.484 e. The molecule has 0 aliphatic heterocycles. The summed E-state index contributed by atoms with van der Waals surface area (Å²) in [7, 11) is -3.74. The number of sulfonamides is 1. The standard InChI is InChI=1S/C20H25ClN2O4S/c1-14(2)10-11-22-20(24)13-27-19-9-8-18(12-15(19)3)28(25,26)23-17-6-4-16(21)5-7-17/h4-9,12,14,23H,10-11,13H2,1-3H3,(H,22,24). The summed E-state index contributed by atoms with van der Waals surface area (Å²) >= 11 is 5.81. The zero-order valence-electron chi connectivity index (χ0n) is 16.2. The van der Waals surface area contributed by atoms with Gasteiger partial charge in [0.1, 0.15) is 5.75 Å². The average molecular weight is 425 g/mol. The van der Waals surface area contributed by atoms with E-state index in [-0.39, 0.29) is 17.4 Å². The van der Waals surface area contributed by atoms with E-state index in [4.69, 9.17) is 16.3 Å². The van der Waals surface area contributed by atoms with E-state index in [1.807, 2.05) is 0 Å². The number of amides is 1. The van der Waals surface area contributed by atoms with Crippen LogP contribution in [0.15, 0.2) is 47.4 Å². The van der Waals surface area contributed by atoms with Gasteiger partial charge in [-0.25, -0.2) is 8.42 Å². The smallest absolute Gasteiger partial charge is 0.261 e. The van der Waals surface area contributed by atoms with Gasteiger partial charge in [-0.1, -0.05) is 25.4 Å². The van der Waals surface area contributed by atoms with Gasteiger partial charge in [0, 0.05) is 17.3 Å². The predicted molar refractivity (Wildman–Crippen MR) is 111 cm³/mol. The van der Waals surface area contributed by atoms with E-state index in [2.05, 4.69) is 23.9 Å². The highest BCUT2D eigenvalue weighted by Crippen LogP contribution is 2.24. The molecule has 2 N–H and O–H groups in total. The summed E-state index contributed by atoms with van der Waals surface area (Å²) in [5.74, 6) is 0.769. The molecule has 0 fully saturated rings. The Hall–Kier alpha value is -2.25. The zero-order chi connectivity index (χ0) is 20.7. The van der Waals surface area contributed by atoms with Gasteiger partial charge in [0.2, 0.25) is 0 Å². The third-order valence-electron chi connectivity index (χ3n) is 3.96. The Kier molecular flexibility index (Phi) is 7.71. The van der Waals surface area contributed by atoms with Crippen LogP contribution in [0.4, 0.5) is 5.69 Å². The predicted octanol–water partition coefficient (Wildman–Crippen LogP) is 3.99. The number of carbonyl (C=O) groups excluding carboxylic acids is 1. The van der Waals surface area contributed by atoms with Crippen LogP contribution >= 0.6 is 11.6 Å². The van der Waals surface area contributed by atoms with Crippen LogP contribution in [0.2, 0.25) is 5.02 Å². The Balaban J connectivity index is 1.99. The topological polar surface area (TPSA) is 84.5 Å². The Morgan fingerprint density at radius 3 is 2.43 bits per heavy atom. The summed E-state index contributed by atoms with van der Waals surface area (Å²) in [6, 6.07) is 10.9. The van der Waals surface area contributed by atoms with Gasteiger partial charge in [-0.05, 0) is 67.3 Å². The van der Waals surface area contributed by atoms with Gasteiger partial charge in [0.25, 0.3) is 15.9 Å². The van der Waals surface area contributed by atoms with Crippen molar-refractivity contribution in [2.24, 2.45) is 5.92 Å². The molecule has 1 amide bonds. The summed E-state index contributed by atoms with van der Waals surface area (Å²) in [5, 5.41) is 3.31. The first kappa shape index (κ1) is 22.0. The molecule has 0 saturated heterocycles. The highest BCUT2D eigenvalue weighted by Gasteiger charge is 2.16. The number of nitrogens with one attached hydrogen (secondary N) is 2. The second-order valence-corrected chi connectivity index (χ2v) is 8.98. The van der Waals surface area contributed by atoms with Crippen molar-refractivity contribution in [1.29, 1.82) is 0 Å². The third kappa shape index (κ3) is 6.73. The van der Waals surface area contributed by atoms with Gasteiger partial charge in [-0.15, -0.1) is 0 Å². The number of carbonyl (C=O) groups is 1. The van der Waals surface area contributed by atoms with Crippen LogP contribution in [0, 0.1) is 12.8 Å². The van der Waals surface area contributed by atoms with Gasteiger partial charge in [0.15, 0.2) is 6.61 Å². The van der Waals surface area contributed by atoms with E-state index in [1.54, 1.807) is 37.3 Å². The van der Waals surface area contributed by atoms with Crippen LogP contribution in [0.1, 0.15) is 25.8 Å². The molecule has 0 unspecified atom stereocenters. The molecule has 0 atom stereocenters. The second kappa shape index (κ2) is 9.80.